The van der Waals surface area contributed by atoms with Gasteiger partial charge in [0.15, 0.2) is 0 Å². The Balaban J connectivity index is 1.49. The van der Waals surface area contributed by atoms with Crippen LogP contribution in [0.15, 0.2) is 102 Å². The fourth-order valence-electron chi connectivity index (χ4n) is 6.94. The van der Waals surface area contributed by atoms with E-state index >= 15 is 0 Å². The summed E-state index contributed by atoms with van der Waals surface area (Å²) < 4.78 is 5.85. The lowest BCUT2D eigenvalue weighted by Gasteiger charge is -2.52. The van der Waals surface area contributed by atoms with E-state index in [9.17, 15) is 9.59 Å². The van der Waals surface area contributed by atoms with E-state index in [4.69, 9.17) is 21.3 Å². The summed E-state index contributed by atoms with van der Waals surface area (Å²) in [4.78, 5) is 35.2. The molecule has 0 spiro atoms. The van der Waals surface area contributed by atoms with E-state index in [0.717, 1.165) is 22.3 Å². The minimum atomic E-state index is -0.934. The number of aliphatic imine (C=N–C) groups is 1. The molecule has 192 valence electrons. The zero-order valence-electron chi connectivity index (χ0n) is 21.3. The summed E-state index contributed by atoms with van der Waals surface area (Å²) in [6.07, 6.45) is 1.88. The molecule has 4 aromatic rings. The van der Waals surface area contributed by atoms with E-state index in [0.29, 0.717) is 28.8 Å². The predicted octanol–water partition coefficient (Wildman–Crippen LogP) is 6.69. The fraction of sp³-hybridized carbons (Fsp3) is 0.182. The molecule has 1 aliphatic heterocycles. The molecule has 0 N–H and O–H groups in total. The maximum atomic E-state index is 14.6. The van der Waals surface area contributed by atoms with Crippen molar-refractivity contribution in [2.45, 2.75) is 18.3 Å². The molecule has 5 nitrogen and oxygen atoms in total. The Morgan fingerprint density at radius 1 is 0.872 bits per heavy atom. The second kappa shape index (κ2) is 8.92. The Labute approximate surface area is 231 Å². The van der Waals surface area contributed by atoms with Crippen LogP contribution >= 0.6 is 11.6 Å². The number of para-hydroxylation sites is 2. The summed E-state index contributed by atoms with van der Waals surface area (Å²) in [5.74, 6) is -1.37. The van der Waals surface area contributed by atoms with Crippen molar-refractivity contribution >= 4 is 41.0 Å². The van der Waals surface area contributed by atoms with Crippen molar-refractivity contribution in [3.05, 3.63) is 124 Å². The molecule has 1 fully saturated rings. The van der Waals surface area contributed by atoms with Gasteiger partial charge in [-0.3, -0.25) is 14.6 Å². The normalized spacial score (nSPS) is 24.6. The third-order valence-electron chi connectivity index (χ3n) is 8.32. The largest absolute Gasteiger partial charge is 0.492 e. The minimum Gasteiger partial charge on any atom is -0.492 e. The Bertz CT molecular complexity index is 1630. The monoisotopic (exact) mass is 532 g/mol. The van der Waals surface area contributed by atoms with E-state index in [-0.39, 0.29) is 17.7 Å². The lowest BCUT2D eigenvalue weighted by atomic mass is 9.47. The summed E-state index contributed by atoms with van der Waals surface area (Å²) in [5.41, 5.74) is 4.40. The van der Waals surface area contributed by atoms with Crippen molar-refractivity contribution in [3.63, 3.8) is 0 Å². The standard InChI is InChI=1S/C33H25ClN2O3/c1-2-39-27-17-8-7-16-26(27)36-31(37)29-28-22-12-3-5-14-24(22)33(30(29)32(36)38,25-15-6-4-13-23(25)28)19-35-21-11-9-10-20(34)18-21/h3-19,28-30H,2H2,1H3. The van der Waals surface area contributed by atoms with Crippen LogP contribution in [-0.2, 0) is 15.0 Å². The number of imide groups is 1. The Hall–Kier alpha value is -4.22. The molecule has 2 atom stereocenters. The van der Waals surface area contributed by atoms with Gasteiger partial charge in [-0.2, -0.15) is 0 Å². The number of halogens is 1. The highest BCUT2D eigenvalue weighted by molar-refractivity contribution is 6.30. The van der Waals surface area contributed by atoms with Gasteiger partial charge in [-0.15, -0.1) is 0 Å². The van der Waals surface area contributed by atoms with Crippen LogP contribution in [-0.4, -0.2) is 24.6 Å². The third-order valence-corrected chi connectivity index (χ3v) is 8.55. The zero-order valence-corrected chi connectivity index (χ0v) is 22.0. The molecule has 8 rings (SSSR count). The molecular weight excluding hydrogens is 508 g/mol. The van der Waals surface area contributed by atoms with Gasteiger partial charge in [0.25, 0.3) is 0 Å². The van der Waals surface area contributed by atoms with Gasteiger partial charge in [0.2, 0.25) is 11.8 Å². The number of carbonyl (C=O) groups is 2. The van der Waals surface area contributed by atoms with Crippen molar-refractivity contribution in [2.24, 2.45) is 16.8 Å². The molecule has 3 aliphatic carbocycles. The first-order valence-electron chi connectivity index (χ1n) is 13.2. The number of ether oxygens (including phenoxy) is 1. The van der Waals surface area contributed by atoms with Gasteiger partial charge in [0, 0.05) is 17.2 Å². The maximum Gasteiger partial charge on any atom is 0.239 e. The molecule has 6 heteroatoms. The summed E-state index contributed by atoms with van der Waals surface area (Å²) in [5, 5.41) is 0.582. The number of anilines is 1. The summed E-state index contributed by atoms with van der Waals surface area (Å²) in [6, 6.07) is 30.9. The van der Waals surface area contributed by atoms with Crippen molar-refractivity contribution in [1.29, 1.82) is 0 Å². The van der Waals surface area contributed by atoms with Crippen LogP contribution in [0.4, 0.5) is 11.4 Å². The van der Waals surface area contributed by atoms with Crippen molar-refractivity contribution in [1.82, 2.24) is 0 Å². The molecule has 4 aliphatic rings. The topological polar surface area (TPSA) is 59.0 Å². The number of hydrogen-bond donors (Lipinski definition) is 0. The first-order chi connectivity index (χ1) is 19.1. The average Bonchev–Trinajstić information content (AvgIpc) is 3.23. The van der Waals surface area contributed by atoms with Gasteiger partial charge < -0.3 is 4.74 Å². The van der Waals surface area contributed by atoms with E-state index in [2.05, 4.69) is 24.3 Å². The van der Waals surface area contributed by atoms with Crippen molar-refractivity contribution in [2.75, 3.05) is 11.5 Å². The second-order valence-corrected chi connectivity index (χ2v) is 10.6. The van der Waals surface area contributed by atoms with E-state index < -0.39 is 17.3 Å². The zero-order chi connectivity index (χ0) is 26.7. The highest BCUT2D eigenvalue weighted by atomic mass is 35.5. The lowest BCUT2D eigenvalue weighted by molar-refractivity contribution is -0.122. The summed E-state index contributed by atoms with van der Waals surface area (Å²) in [7, 11) is 0. The van der Waals surface area contributed by atoms with Gasteiger partial charge in [0.05, 0.1) is 35.2 Å². The van der Waals surface area contributed by atoms with Gasteiger partial charge >= 0.3 is 0 Å². The maximum absolute atomic E-state index is 14.6. The molecule has 1 heterocycles. The van der Waals surface area contributed by atoms with E-state index in [1.165, 1.54) is 4.90 Å². The molecule has 0 saturated carbocycles. The SMILES string of the molecule is CCOc1ccccc1N1C(=O)C2C3c4ccccc4C(C=Nc4cccc(Cl)c4)(c4ccccc43)C2C1=O. The smallest absolute Gasteiger partial charge is 0.239 e. The van der Waals surface area contributed by atoms with E-state index in [1.807, 2.05) is 61.7 Å². The Morgan fingerprint density at radius 2 is 1.54 bits per heavy atom. The molecule has 0 aromatic heterocycles. The number of hydrogen-bond acceptors (Lipinski definition) is 4. The van der Waals surface area contributed by atoms with Gasteiger partial charge in [-0.1, -0.05) is 78.3 Å². The second-order valence-electron chi connectivity index (χ2n) is 10.2. The number of rotatable bonds is 5. The fourth-order valence-corrected chi connectivity index (χ4v) is 7.12. The minimum absolute atomic E-state index is 0.202. The Kier molecular flexibility index (Phi) is 5.46. The number of amides is 2. The van der Waals surface area contributed by atoms with Crippen LogP contribution in [0, 0.1) is 11.8 Å². The van der Waals surface area contributed by atoms with Crippen molar-refractivity contribution < 1.29 is 14.3 Å². The number of carbonyl (C=O) groups excluding carboxylic acids is 2. The highest BCUT2D eigenvalue weighted by Gasteiger charge is 2.68. The van der Waals surface area contributed by atoms with Crippen LogP contribution in [0.1, 0.15) is 35.1 Å². The van der Waals surface area contributed by atoms with E-state index in [1.54, 1.807) is 24.3 Å². The van der Waals surface area contributed by atoms with Crippen LogP contribution in [0.3, 0.4) is 0 Å². The van der Waals surface area contributed by atoms with Crippen LogP contribution in [0.25, 0.3) is 0 Å². The van der Waals surface area contributed by atoms with Crippen LogP contribution in [0.2, 0.25) is 5.02 Å². The van der Waals surface area contributed by atoms with Gasteiger partial charge in [-0.25, -0.2) is 4.90 Å². The highest BCUT2D eigenvalue weighted by Crippen LogP contribution is 2.64. The molecule has 4 aromatic carbocycles. The van der Waals surface area contributed by atoms with Crippen molar-refractivity contribution in [3.8, 4) is 5.75 Å². The van der Waals surface area contributed by atoms with Gasteiger partial charge in [-0.05, 0) is 59.5 Å². The molecule has 1 saturated heterocycles. The number of nitrogens with zero attached hydrogens (tertiary/aromatic N) is 2. The Morgan fingerprint density at radius 3 is 2.23 bits per heavy atom. The first-order valence-corrected chi connectivity index (χ1v) is 13.5. The predicted molar refractivity (Wildman–Crippen MR) is 152 cm³/mol. The molecule has 2 unspecified atom stereocenters. The molecule has 2 amide bonds. The molecular formula is C33H25ClN2O3. The molecule has 39 heavy (non-hydrogen) atoms. The van der Waals surface area contributed by atoms with Gasteiger partial charge in [0.1, 0.15) is 5.75 Å². The van der Waals surface area contributed by atoms with Crippen LogP contribution < -0.4 is 9.64 Å². The lowest BCUT2D eigenvalue weighted by Crippen LogP contribution is -2.54. The molecule has 2 bridgehead atoms. The first kappa shape index (κ1) is 23.9. The summed E-state index contributed by atoms with van der Waals surface area (Å²) in [6.45, 7) is 2.31. The van der Waals surface area contributed by atoms with Crippen LogP contribution in [0.5, 0.6) is 5.75 Å². The third kappa shape index (κ3) is 3.29. The number of benzene rings is 4. The summed E-state index contributed by atoms with van der Waals surface area (Å²) >= 11 is 6.27. The quantitative estimate of drug-likeness (QED) is 0.212. The molecule has 0 radical (unpaired) electrons. The average molecular weight is 533 g/mol.